The molecule has 43 heavy (non-hydrogen) atoms. The van der Waals surface area contributed by atoms with E-state index in [-0.39, 0.29) is 6.03 Å². The van der Waals surface area contributed by atoms with E-state index in [1.165, 1.54) is 19.3 Å². The average Bonchev–Trinajstić information content (AvgIpc) is 3.06. The first-order valence-electron chi connectivity index (χ1n) is 15.3. The molecule has 11 nitrogen and oxygen atoms in total. The molecule has 0 saturated carbocycles. The predicted octanol–water partition coefficient (Wildman–Crippen LogP) is 4.08. The molecule has 0 bridgehead atoms. The van der Waals surface area contributed by atoms with Crippen molar-refractivity contribution in [3.05, 3.63) is 48.3 Å². The maximum absolute atomic E-state index is 12.8. The summed E-state index contributed by atoms with van der Waals surface area (Å²) in [5, 5.41) is 12.8. The number of hydrogen-bond acceptors (Lipinski definition) is 9. The van der Waals surface area contributed by atoms with Crippen molar-refractivity contribution in [1.29, 1.82) is 5.26 Å². The molecule has 0 aliphatic carbocycles. The van der Waals surface area contributed by atoms with Crippen molar-refractivity contribution < 1.29 is 14.3 Å². The Balaban J connectivity index is 1.14. The Morgan fingerprint density at radius 3 is 2.51 bits per heavy atom. The van der Waals surface area contributed by atoms with Crippen LogP contribution in [-0.2, 0) is 0 Å². The number of nitriles is 1. The van der Waals surface area contributed by atoms with Gasteiger partial charge in [0.15, 0.2) is 11.5 Å². The fourth-order valence-electron chi connectivity index (χ4n) is 5.90. The van der Waals surface area contributed by atoms with Gasteiger partial charge in [0.1, 0.15) is 12.1 Å². The molecule has 0 radical (unpaired) electrons. The Hall–Kier alpha value is -4.14. The molecule has 3 N–H and O–H groups in total. The number of benzene rings is 2. The third kappa shape index (κ3) is 7.83. The molecule has 2 aliphatic heterocycles. The zero-order valence-electron chi connectivity index (χ0n) is 25.0. The van der Waals surface area contributed by atoms with Crippen LogP contribution in [0.15, 0.2) is 42.7 Å². The van der Waals surface area contributed by atoms with Crippen LogP contribution < -0.4 is 25.4 Å². The average molecular weight is 587 g/mol. The summed E-state index contributed by atoms with van der Waals surface area (Å²) in [5.74, 6) is 2.99. The fraction of sp³-hybridized carbons (Fsp3) is 0.500. The monoisotopic (exact) mass is 586 g/mol. The topological polar surface area (TPSA) is 133 Å². The molecule has 2 amide bonds. The quantitative estimate of drug-likeness (QED) is 0.319. The smallest absolute Gasteiger partial charge is 0.321 e. The molecule has 0 spiro atoms. The molecule has 2 aliphatic rings. The van der Waals surface area contributed by atoms with E-state index in [0.29, 0.717) is 55.5 Å². The van der Waals surface area contributed by atoms with Gasteiger partial charge in [-0.05, 0) is 88.0 Å². The molecular weight excluding hydrogens is 544 g/mol. The van der Waals surface area contributed by atoms with Crippen LogP contribution >= 0.6 is 0 Å². The first-order valence-corrected chi connectivity index (χ1v) is 15.3. The van der Waals surface area contributed by atoms with E-state index in [4.69, 9.17) is 20.5 Å². The molecule has 2 aromatic carbocycles. The standard InChI is InChI=1S/C32H42N8O3/c1-42-29-20-27-28(21-30(29)43-19-3-12-38-13-9-24(10-14-38)4-2-11-33)35-23-36-31(27)39-15-17-40(18-16-39)32(41)37-26-7-5-25(22-34)6-8-26/h5-8,20-21,23-24H,2-4,9-19,33H2,1H3,(H,37,41). The zero-order valence-corrected chi connectivity index (χ0v) is 25.0. The Morgan fingerprint density at radius 2 is 1.81 bits per heavy atom. The number of aromatic nitrogens is 2. The van der Waals surface area contributed by atoms with E-state index in [0.717, 1.165) is 61.7 Å². The maximum Gasteiger partial charge on any atom is 0.321 e. The number of anilines is 2. The summed E-state index contributed by atoms with van der Waals surface area (Å²) in [6.07, 6.45) is 7.46. The largest absolute Gasteiger partial charge is 0.493 e. The molecule has 5 rings (SSSR count). The van der Waals surface area contributed by atoms with Gasteiger partial charge in [-0.3, -0.25) is 0 Å². The maximum atomic E-state index is 12.8. The lowest BCUT2D eigenvalue weighted by molar-refractivity contribution is 0.165. The van der Waals surface area contributed by atoms with Crippen LogP contribution in [0.4, 0.5) is 16.3 Å². The number of hydrogen-bond donors (Lipinski definition) is 2. The van der Waals surface area contributed by atoms with Crippen LogP contribution in [-0.4, -0.2) is 91.9 Å². The molecule has 0 unspecified atom stereocenters. The Morgan fingerprint density at radius 1 is 1.05 bits per heavy atom. The third-order valence-electron chi connectivity index (χ3n) is 8.43. The molecule has 1 aromatic heterocycles. The summed E-state index contributed by atoms with van der Waals surface area (Å²) in [4.78, 5) is 28.4. The highest BCUT2D eigenvalue weighted by atomic mass is 16.5. The second kappa shape index (κ2) is 14.8. The lowest BCUT2D eigenvalue weighted by Gasteiger charge is -2.35. The van der Waals surface area contributed by atoms with Crippen LogP contribution in [0.3, 0.4) is 0 Å². The van der Waals surface area contributed by atoms with Gasteiger partial charge in [-0.1, -0.05) is 0 Å². The van der Waals surface area contributed by atoms with E-state index < -0.39 is 0 Å². The van der Waals surface area contributed by atoms with E-state index in [9.17, 15) is 4.79 Å². The van der Waals surface area contributed by atoms with Gasteiger partial charge in [-0.2, -0.15) is 5.26 Å². The molecule has 0 atom stereocenters. The van der Waals surface area contributed by atoms with Crippen molar-refractivity contribution in [3.8, 4) is 17.6 Å². The Labute approximate surface area is 253 Å². The van der Waals surface area contributed by atoms with Crippen LogP contribution in [0.5, 0.6) is 11.5 Å². The van der Waals surface area contributed by atoms with Crippen molar-refractivity contribution in [1.82, 2.24) is 19.8 Å². The molecular formula is C32H42N8O3. The number of carbonyl (C=O) groups is 1. The van der Waals surface area contributed by atoms with Crippen molar-refractivity contribution in [2.45, 2.75) is 32.1 Å². The van der Waals surface area contributed by atoms with Crippen LogP contribution in [0, 0.1) is 17.2 Å². The van der Waals surface area contributed by atoms with Gasteiger partial charge in [0.2, 0.25) is 0 Å². The first-order chi connectivity index (χ1) is 21.1. The van der Waals surface area contributed by atoms with Crippen molar-refractivity contribution in [2.24, 2.45) is 11.7 Å². The summed E-state index contributed by atoms with van der Waals surface area (Å²) in [6.45, 7) is 7.13. The minimum absolute atomic E-state index is 0.160. The third-order valence-corrected chi connectivity index (χ3v) is 8.43. The van der Waals surface area contributed by atoms with Crippen LogP contribution in [0.2, 0.25) is 0 Å². The van der Waals surface area contributed by atoms with Gasteiger partial charge >= 0.3 is 6.03 Å². The molecule has 228 valence electrons. The minimum Gasteiger partial charge on any atom is -0.493 e. The minimum atomic E-state index is -0.160. The van der Waals surface area contributed by atoms with E-state index >= 15 is 0 Å². The molecule has 3 heterocycles. The molecule has 3 aromatic rings. The first kappa shape index (κ1) is 30.3. The van der Waals surface area contributed by atoms with Gasteiger partial charge in [0, 0.05) is 49.9 Å². The highest BCUT2D eigenvalue weighted by Gasteiger charge is 2.24. The number of fused-ring (bicyclic) bond motifs is 1. The SMILES string of the molecule is COc1cc2c(N3CCN(C(=O)Nc4ccc(C#N)cc4)CC3)ncnc2cc1OCCCN1CCC(CCCN)CC1. The number of nitrogens with two attached hydrogens (primary N) is 1. The van der Waals surface area contributed by atoms with Gasteiger partial charge in [-0.25, -0.2) is 14.8 Å². The summed E-state index contributed by atoms with van der Waals surface area (Å²) in [6, 6.07) is 12.7. The number of piperazine rings is 1. The second-order valence-corrected chi connectivity index (χ2v) is 11.2. The number of carbonyl (C=O) groups excluding carboxylic acids is 1. The van der Waals surface area contributed by atoms with Crippen molar-refractivity contribution >= 4 is 28.4 Å². The summed E-state index contributed by atoms with van der Waals surface area (Å²) >= 11 is 0. The van der Waals surface area contributed by atoms with Crippen molar-refractivity contribution in [2.75, 3.05) is 76.3 Å². The van der Waals surface area contributed by atoms with E-state index in [2.05, 4.69) is 31.2 Å². The summed E-state index contributed by atoms with van der Waals surface area (Å²) in [7, 11) is 1.65. The lowest BCUT2D eigenvalue weighted by atomic mass is 9.92. The van der Waals surface area contributed by atoms with Gasteiger partial charge in [-0.15, -0.1) is 0 Å². The van der Waals surface area contributed by atoms with Gasteiger partial charge in [0.25, 0.3) is 0 Å². The molecule has 2 fully saturated rings. The Kier molecular flexibility index (Phi) is 10.5. The number of rotatable bonds is 11. The number of urea groups is 1. The highest BCUT2D eigenvalue weighted by Crippen LogP contribution is 2.35. The van der Waals surface area contributed by atoms with E-state index in [1.54, 1.807) is 42.6 Å². The lowest BCUT2D eigenvalue weighted by Crippen LogP contribution is -2.50. The molecule has 11 heteroatoms. The normalized spacial score (nSPS) is 16.2. The van der Waals surface area contributed by atoms with Crippen LogP contribution in [0.25, 0.3) is 10.9 Å². The van der Waals surface area contributed by atoms with Gasteiger partial charge in [0.05, 0.1) is 30.9 Å². The number of likely N-dealkylation sites (tertiary alicyclic amines) is 1. The zero-order chi connectivity index (χ0) is 30.0. The van der Waals surface area contributed by atoms with Gasteiger partial charge < -0.3 is 35.2 Å². The summed E-state index contributed by atoms with van der Waals surface area (Å²) < 4.78 is 11.9. The predicted molar refractivity (Wildman–Crippen MR) is 168 cm³/mol. The number of nitrogens with zero attached hydrogens (tertiary/aromatic N) is 6. The second-order valence-electron chi connectivity index (χ2n) is 11.2. The fourth-order valence-corrected chi connectivity index (χ4v) is 5.90. The number of methoxy groups -OCH3 is 1. The van der Waals surface area contributed by atoms with Crippen LogP contribution in [0.1, 0.15) is 37.7 Å². The number of nitrogens with one attached hydrogen (secondary N) is 1. The summed E-state index contributed by atoms with van der Waals surface area (Å²) in [5.41, 5.74) is 7.68. The van der Waals surface area contributed by atoms with E-state index in [1.807, 2.05) is 12.1 Å². The number of ether oxygens (including phenoxy) is 2. The molecule has 2 saturated heterocycles. The van der Waals surface area contributed by atoms with Crippen molar-refractivity contribution in [3.63, 3.8) is 0 Å². The highest BCUT2D eigenvalue weighted by molar-refractivity contribution is 5.92. The number of amides is 2. The Bertz CT molecular complexity index is 1390. The number of piperidine rings is 1.